The standard InChI is InChI=1S/C18H32O16/c19-1-4-7(22)9(24)12(27)17(31-4)34-15-8(23)5(2-20)32-18(13(15)28)33-14-6(3-21)30-16(29)11(26)10(14)25/h4-29H,1-3H2/t4-,5-,6-,7+,8+,9+,10-,11-,12-,13-,14-,15+,16+,17-,18+/m1/s1. The minimum atomic E-state index is -1.90. The van der Waals surface area contributed by atoms with Crippen molar-refractivity contribution < 1.29 is 79.9 Å². The van der Waals surface area contributed by atoms with Gasteiger partial charge in [0.05, 0.1) is 19.8 Å². The van der Waals surface area contributed by atoms with Gasteiger partial charge < -0.3 is 79.9 Å². The van der Waals surface area contributed by atoms with E-state index in [1.54, 1.807) is 0 Å². The molecule has 11 N–H and O–H groups in total. The van der Waals surface area contributed by atoms with Gasteiger partial charge >= 0.3 is 0 Å². The van der Waals surface area contributed by atoms with Crippen LogP contribution >= 0.6 is 0 Å². The molecule has 0 radical (unpaired) electrons. The molecule has 16 heteroatoms. The molecule has 200 valence electrons. The summed E-state index contributed by atoms with van der Waals surface area (Å²) in [5, 5.41) is 109. The maximum Gasteiger partial charge on any atom is 0.187 e. The summed E-state index contributed by atoms with van der Waals surface area (Å²) < 4.78 is 26.4. The van der Waals surface area contributed by atoms with Gasteiger partial charge in [0.1, 0.15) is 73.2 Å². The highest BCUT2D eigenvalue weighted by atomic mass is 16.7. The highest BCUT2D eigenvalue weighted by molar-refractivity contribution is 4.96. The van der Waals surface area contributed by atoms with Gasteiger partial charge in [0.2, 0.25) is 0 Å². The van der Waals surface area contributed by atoms with Crippen molar-refractivity contribution in [3.63, 3.8) is 0 Å². The summed E-state index contributed by atoms with van der Waals surface area (Å²) in [6, 6.07) is 0. The molecule has 3 heterocycles. The summed E-state index contributed by atoms with van der Waals surface area (Å²) >= 11 is 0. The van der Waals surface area contributed by atoms with Crippen molar-refractivity contribution in [2.45, 2.75) is 92.1 Å². The van der Waals surface area contributed by atoms with Crippen LogP contribution in [0.1, 0.15) is 0 Å². The molecule has 34 heavy (non-hydrogen) atoms. The Morgan fingerprint density at radius 1 is 0.441 bits per heavy atom. The summed E-state index contributed by atoms with van der Waals surface area (Å²) in [6.07, 6.45) is -25.4. The van der Waals surface area contributed by atoms with Gasteiger partial charge in [-0.1, -0.05) is 0 Å². The first-order chi connectivity index (χ1) is 16.0. The Labute approximate surface area is 192 Å². The van der Waals surface area contributed by atoms with Gasteiger partial charge in [0, 0.05) is 0 Å². The van der Waals surface area contributed by atoms with E-state index in [1.165, 1.54) is 0 Å². The Morgan fingerprint density at radius 2 is 0.941 bits per heavy atom. The maximum atomic E-state index is 10.8. The fourth-order valence-electron chi connectivity index (χ4n) is 4.05. The third-order valence-corrected chi connectivity index (χ3v) is 6.09. The quantitative estimate of drug-likeness (QED) is 0.154. The van der Waals surface area contributed by atoms with Gasteiger partial charge in [-0.25, -0.2) is 0 Å². The molecule has 0 saturated carbocycles. The Morgan fingerprint density at radius 3 is 1.50 bits per heavy atom. The number of ether oxygens (including phenoxy) is 5. The number of rotatable bonds is 7. The summed E-state index contributed by atoms with van der Waals surface area (Å²) in [7, 11) is 0. The molecule has 0 aromatic carbocycles. The van der Waals surface area contributed by atoms with E-state index in [2.05, 4.69) is 0 Å². The van der Waals surface area contributed by atoms with E-state index >= 15 is 0 Å². The van der Waals surface area contributed by atoms with Crippen LogP contribution in [0.4, 0.5) is 0 Å². The van der Waals surface area contributed by atoms with Gasteiger partial charge in [0.25, 0.3) is 0 Å². The largest absolute Gasteiger partial charge is 0.394 e. The third-order valence-electron chi connectivity index (χ3n) is 6.09. The Balaban J connectivity index is 1.78. The van der Waals surface area contributed by atoms with E-state index in [4.69, 9.17) is 23.7 Å². The van der Waals surface area contributed by atoms with Crippen LogP contribution in [0.15, 0.2) is 0 Å². The van der Waals surface area contributed by atoms with E-state index in [0.29, 0.717) is 0 Å². The molecule has 3 aliphatic heterocycles. The van der Waals surface area contributed by atoms with Crippen molar-refractivity contribution in [2.24, 2.45) is 0 Å². The number of hydrogen-bond acceptors (Lipinski definition) is 16. The first kappa shape index (κ1) is 27.9. The molecule has 3 rings (SSSR count). The van der Waals surface area contributed by atoms with Crippen molar-refractivity contribution in [2.75, 3.05) is 19.8 Å². The molecule has 0 spiro atoms. The van der Waals surface area contributed by atoms with Crippen molar-refractivity contribution in [3.8, 4) is 0 Å². The molecule has 3 aliphatic rings. The Bertz CT molecular complexity index is 637. The molecule has 0 aromatic heterocycles. The van der Waals surface area contributed by atoms with Crippen LogP contribution in [0.5, 0.6) is 0 Å². The molecule has 0 aliphatic carbocycles. The lowest BCUT2D eigenvalue weighted by molar-refractivity contribution is -0.378. The molecule has 16 nitrogen and oxygen atoms in total. The minimum Gasteiger partial charge on any atom is -0.394 e. The van der Waals surface area contributed by atoms with Crippen molar-refractivity contribution in [1.29, 1.82) is 0 Å². The first-order valence-electron chi connectivity index (χ1n) is 10.6. The second-order valence-corrected chi connectivity index (χ2v) is 8.33. The molecule has 0 bridgehead atoms. The van der Waals surface area contributed by atoms with Crippen LogP contribution in [0.3, 0.4) is 0 Å². The highest BCUT2D eigenvalue weighted by Crippen LogP contribution is 2.32. The zero-order valence-corrected chi connectivity index (χ0v) is 17.7. The van der Waals surface area contributed by atoms with Crippen LogP contribution < -0.4 is 0 Å². The first-order valence-corrected chi connectivity index (χ1v) is 10.6. The highest BCUT2D eigenvalue weighted by Gasteiger charge is 2.53. The number of aliphatic hydroxyl groups is 11. The van der Waals surface area contributed by atoms with Crippen molar-refractivity contribution in [1.82, 2.24) is 0 Å². The smallest absolute Gasteiger partial charge is 0.187 e. The van der Waals surface area contributed by atoms with Gasteiger partial charge in [0.15, 0.2) is 18.9 Å². The van der Waals surface area contributed by atoms with Gasteiger partial charge in [-0.2, -0.15) is 0 Å². The fourth-order valence-corrected chi connectivity index (χ4v) is 4.05. The van der Waals surface area contributed by atoms with E-state index in [0.717, 1.165) is 0 Å². The predicted molar refractivity (Wildman–Crippen MR) is 101 cm³/mol. The lowest BCUT2D eigenvalue weighted by atomic mass is 9.96. The van der Waals surface area contributed by atoms with E-state index in [9.17, 15) is 56.2 Å². The van der Waals surface area contributed by atoms with E-state index in [-0.39, 0.29) is 0 Å². The Hall–Kier alpha value is -0.640. The summed E-state index contributed by atoms with van der Waals surface area (Å²) in [6.45, 7) is -2.34. The second-order valence-electron chi connectivity index (χ2n) is 8.33. The fraction of sp³-hybridized carbons (Fsp3) is 1.00. The monoisotopic (exact) mass is 504 g/mol. The van der Waals surface area contributed by atoms with Crippen LogP contribution in [0.2, 0.25) is 0 Å². The average Bonchev–Trinajstić information content (AvgIpc) is 2.83. The molecule has 0 amide bonds. The Kier molecular flexibility index (Phi) is 9.54. The van der Waals surface area contributed by atoms with Crippen molar-refractivity contribution >= 4 is 0 Å². The SMILES string of the molecule is OC[C@H]1O[C@H](O[C@H]2[C@@H](O)[C@@H](CO)O[C@@H](O[C@H]3[C@H](O)[C@@H](O)[C@@H](O)O[C@@H]3CO)[C@@H]2O)[C@H](O)[C@@H](O)[C@H]1O. The normalized spacial score (nSPS) is 52.5. The zero-order valence-electron chi connectivity index (χ0n) is 17.7. The lowest BCUT2D eigenvalue weighted by Crippen LogP contribution is -2.66. The van der Waals surface area contributed by atoms with Gasteiger partial charge in [-0.15, -0.1) is 0 Å². The number of hydrogen-bond donors (Lipinski definition) is 11. The molecule has 0 aromatic rings. The zero-order chi connectivity index (χ0) is 25.3. The van der Waals surface area contributed by atoms with Crippen LogP contribution in [0, 0.1) is 0 Å². The topological polar surface area (TPSA) is 269 Å². The molecule has 3 saturated heterocycles. The summed E-state index contributed by atoms with van der Waals surface area (Å²) in [5.41, 5.74) is 0. The third kappa shape index (κ3) is 5.37. The van der Waals surface area contributed by atoms with Gasteiger partial charge in [-0.05, 0) is 0 Å². The summed E-state index contributed by atoms with van der Waals surface area (Å²) in [5.74, 6) is 0. The number of aliphatic hydroxyl groups excluding tert-OH is 11. The van der Waals surface area contributed by atoms with Crippen LogP contribution in [-0.4, -0.2) is 168 Å². The summed E-state index contributed by atoms with van der Waals surface area (Å²) in [4.78, 5) is 0. The van der Waals surface area contributed by atoms with Crippen LogP contribution in [-0.2, 0) is 23.7 Å². The molecule has 15 atom stereocenters. The van der Waals surface area contributed by atoms with E-state index in [1.807, 2.05) is 0 Å². The van der Waals surface area contributed by atoms with E-state index < -0.39 is 112 Å². The van der Waals surface area contributed by atoms with Gasteiger partial charge in [-0.3, -0.25) is 0 Å². The lowest BCUT2D eigenvalue weighted by Gasteiger charge is -2.47. The van der Waals surface area contributed by atoms with Crippen molar-refractivity contribution in [3.05, 3.63) is 0 Å². The molecule has 3 fully saturated rings. The maximum absolute atomic E-state index is 10.8. The molecule has 0 unspecified atom stereocenters. The predicted octanol–water partition coefficient (Wildman–Crippen LogP) is -7.57. The minimum absolute atomic E-state index is 0.759. The molecular weight excluding hydrogens is 472 g/mol. The van der Waals surface area contributed by atoms with Crippen LogP contribution in [0.25, 0.3) is 0 Å². The second kappa shape index (κ2) is 11.6. The molecular formula is C18H32O16. The average molecular weight is 504 g/mol.